The van der Waals surface area contributed by atoms with E-state index in [1.165, 1.54) is 14.0 Å². The summed E-state index contributed by atoms with van der Waals surface area (Å²) >= 11 is 0. The Balaban J connectivity index is 1.84. The molecule has 0 aliphatic carbocycles. The minimum absolute atomic E-state index is 0.173. The first kappa shape index (κ1) is 41.4. The van der Waals surface area contributed by atoms with Crippen molar-refractivity contribution in [2.24, 2.45) is 17.8 Å². The number of cyclic esters (lactones) is 1. The van der Waals surface area contributed by atoms with Crippen LogP contribution in [0.4, 0.5) is 0 Å². The molecule has 2 bridgehead atoms. The third kappa shape index (κ3) is 7.93. The number of carbonyl (C=O) groups excluding carboxylic acids is 1. The molecule has 17 atom stereocenters. The monoisotopic (exact) mass is 715 g/mol. The summed E-state index contributed by atoms with van der Waals surface area (Å²) in [5, 5.41) is 45.9. The highest BCUT2D eigenvalue weighted by Crippen LogP contribution is 2.47. The minimum atomic E-state index is -1.82. The molecule has 4 N–H and O–H groups in total. The van der Waals surface area contributed by atoms with Crippen LogP contribution in [0.2, 0.25) is 0 Å². The van der Waals surface area contributed by atoms with Gasteiger partial charge < -0.3 is 58.5 Å². The topological polar surface area (TPSA) is 166 Å². The zero-order chi connectivity index (χ0) is 37.7. The molecule has 0 spiro atoms. The standard InChI is InChI=1S/C37H65NO12/c1-14-25-37(10,43)30(40)20(4)28-18(2)16-36(9,50-28)32(49-34-27(39)24(38(11)12)15-19(3)45-34)21(5)29(22(6)33(42)47-25)48-26-17-35(8,44-13)31(41)23(7)46-26/h19-27,29-32,34,39-41,43H,14-17H2,1-13H3/t19?,20-,21-,22+,23?,24?,25+,26?,27?,29-,30+,31?,32+,34?,35?,36?,37+/m1/s1. The van der Waals surface area contributed by atoms with Gasteiger partial charge in [-0.1, -0.05) is 20.8 Å². The molecule has 3 fully saturated rings. The smallest absolute Gasteiger partial charge is 0.311 e. The van der Waals surface area contributed by atoms with E-state index in [1.807, 2.05) is 46.7 Å². The summed E-state index contributed by atoms with van der Waals surface area (Å²) in [6.07, 6.45) is -7.39. The van der Waals surface area contributed by atoms with E-state index < -0.39 is 95.8 Å². The summed E-state index contributed by atoms with van der Waals surface area (Å²) in [6, 6.07) is -0.235. The zero-order valence-corrected chi connectivity index (χ0v) is 32.4. The largest absolute Gasteiger partial charge is 0.489 e. The molecule has 0 aromatic rings. The molecule has 50 heavy (non-hydrogen) atoms. The van der Waals surface area contributed by atoms with Crippen molar-refractivity contribution in [1.82, 2.24) is 4.90 Å². The van der Waals surface area contributed by atoms with E-state index in [1.54, 1.807) is 34.6 Å². The number of nitrogens with zero attached hydrogens (tertiary/aromatic N) is 1. The maximum Gasteiger partial charge on any atom is 0.311 e. The van der Waals surface area contributed by atoms with Crippen LogP contribution in [-0.4, -0.2) is 137 Å². The molecular formula is C37H65NO12. The van der Waals surface area contributed by atoms with Gasteiger partial charge in [0.25, 0.3) is 0 Å². The van der Waals surface area contributed by atoms with Crippen molar-refractivity contribution in [2.75, 3.05) is 21.2 Å². The average molecular weight is 716 g/mol. The Kier molecular flexibility index (Phi) is 12.8. The number of fused-ring (bicyclic) bond motifs is 2. The summed E-state index contributed by atoms with van der Waals surface area (Å²) in [6.45, 7) is 18.0. The predicted octanol–water partition coefficient (Wildman–Crippen LogP) is 2.89. The van der Waals surface area contributed by atoms with Gasteiger partial charge in [0.1, 0.15) is 41.4 Å². The van der Waals surface area contributed by atoms with Crippen LogP contribution in [0.15, 0.2) is 11.3 Å². The van der Waals surface area contributed by atoms with Crippen LogP contribution in [0.25, 0.3) is 0 Å². The molecule has 0 aromatic heterocycles. The van der Waals surface area contributed by atoms with Crippen molar-refractivity contribution in [3.8, 4) is 0 Å². The van der Waals surface area contributed by atoms with Crippen molar-refractivity contribution in [3.63, 3.8) is 0 Å². The number of hydrogen-bond donors (Lipinski definition) is 4. The molecule has 13 heteroatoms. The Morgan fingerprint density at radius 1 is 0.960 bits per heavy atom. The summed E-state index contributed by atoms with van der Waals surface area (Å²) in [4.78, 5) is 16.1. The van der Waals surface area contributed by atoms with Crippen LogP contribution in [0.5, 0.6) is 0 Å². The highest BCUT2D eigenvalue weighted by Gasteiger charge is 2.56. The predicted molar refractivity (Wildman–Crippen MR) is 184 cm³/mol. The quantitative estimate of drug-likeness (QED) is 0.285. The number of aliphatic hydroxyl groups is 4. The molecule has 0 saturated carbocycles. The summed E-state index contributed by atoms with van der Waals surface area (Å²) in [5.41, 5.74) is -3.00. The summed E-state index contributed by atoms with van der Waals surface area (Å²) < 4.78 is 44.6. The van der Waals surface area contributed by atoms with Gasteiger partial charge in [-0.2, -0.15) is 0 Å². The Bertz CT molecular complexity index is 1210. The van der Waals surface area contributed by atoms with Gasteiger partial charge >= 0.3 is 5.97 Å². The molecule has 4 aliphatic heterocycles. The number of esters is 1. The van der Waals surface area contributed by atoms with E-state index >= 15 is 0 Å². The summed E-state index contributed by atoms with van der Waals surface area (Å²) in [7, 11) is 5.34. The first-order chi connectivity index (χ1) is 23.1. The van der Waals surface area contributed by atoms with Crippen LogP contribution in [0, 0.1) is 17.8 Å². The van der Waals surface area contributed by atoms with Crippen LogP contribution >= 0.6 is 0 Å². The maximum atomic E-state index is 14.1. The highest BCUT2D eigenvalue weighted by atomic mass is 16.7. The molecule has 4 aliphatic rings. The second kappa shape index (κ2) is 15.5. The van der Waals surface area contributed by atoms with Gasteiger partial charge in [0.2, 0.25) is 0 Å². The average Bonchev–Trinajstić information content (AvgIpc) is 3.37. The van der Waals surface area contributed by atoms with Crippen LogP contribution < -0.4 is 0 Å². The van der Waals surface area contributed by atoms with E-state index in [9.17, 15) is 25.2 Å². The number of likely N-dealkylation sites (N-methyl/N-ethyl adjacent to an activating group) is 1. The van der Waals surface area contributed by atoms with Crippen LogP contribution in [0.1, 0.15) is 94.9 Å². The second-order valence-corrected chi connectivity index (χ2v) is 16.3. The van der Waals surface area contributed by atoms with Crippen LogP contribution in [-0.2, 0) is 38.0 Å². The lowest BCUT2D eigenvalue weighted by molar-refractivity contribution is -0.316. The molecule has 4 rings (SSSR count). The van der Waals surface area contributed by atoms with E-state index in [2.05, 4.69) is 0 Å². The normalized spacial score (nSPS) is 49.5. The Morgan fingerprint density at radius 3 is 2.18 bits per heavy atom. The lowest BCUT2D eigenvalue weighted by atomic mass is 9.78. The fourth-order valence-electron chi connectivity index (χ4n) is 8.73. The maximum absolute atomic E-state index is 14.1. The number of methoxy groups -OCH3 is 1. The minimum Gasteiger partial charge on any atom is -0.489 e. The Morgan fingerprint density at radius 2 is 1.60 bits per heavy atom. The zero-order valence-electron chi connectivity index (χ0n) is 32.4. The van der Waals surface area contributed by atoms with E-state index in [4.69, 9.17) is 33.2 Å². The van der Waals surface area contributed by atoms with Gasteiger partial charge in [-0.15, -0.1) is 0 Å². The molecule has 0 aromatic carbocycles. The lowest BCUT2D eigenvalue weighted by Crippen LogP contribution is -2.60. The van der Waals surface area contributed by atoms with E-state index in [0.29, 0.717) is 18.6 Å². The highest BCUT2D eigenvalue weighted by molar-refractivity contribution is 5.73. The van der Waals surface area contributed by atoms with Gasteiger partial charge in [0, 0.05) is 37.8 Å². The van der Waals surface area contributed by atoms with E-state index in [0.717, 1.165) is 5.57 Å². The molecular weight excluding hydrogens is 650 g/mol. The molecule has 3 saturated heterocycles. The SMILES string of the molecule is CC[C@@H]1OC(=O)[C@@H](C)[C@H](OC2CC(C)(OC)C(O)C(C)O2)[C@@H](C)[C@H](OC2OC(C)CC(N(C)C)C2O)C2(C)CC(C)=C(O2)[C@@H](C)[C@H](O)[C@@]1(C)O. The fourth-order valence-corrected chi connectivity index (χ4v) is 8.73. The second-order valence-electron chi connectivity index (χ2n) is 16.3. The van der Waals surface area contributed by atoms with Crippen molar-refractivity contribution in [2.45, 2.75) is 179 Å². The van der Waals surface area contributed by atoms with Crippen molar-refractivity contribution < 1.29 is 58.4 Å². The fraction of sp³-hybridized carbons (Fsp3) is 0.919. The molecule has 0 radical (unpaired) electrons. The van der Waals surface area contributed by atoms with E-state index in [-0.39, 0.29) is 25.0 Å². The lowest BCUT2D eigenvalue weighted by Gasteiger charge is -2.48. The number of rotatable bonds is 7. The van der Waals surface area contributed by atoms with Crippen molar-refractivity contribution >= 4 is 5.97 Å². The molecule has 13 nitrogen and oxygen atoms in total. The molecule has 290 valence electrons. The number of aliphatic hydroxyl groups excluding tert-OH is 3. The molecule has 9 unspecified atom stereocenters. The van der Waals surface area contributed by atoms with Gasteiger partial charge in [-0.25, -0.2) is 0 Å². The Hall–Kier alpha value is -1.39. The first-order valence-corrected chi connectivity index (χ1v) is 18.3. The third-order valence-corrected chi connectivity index (χ3v) is 12.0. The summed E-state index contributed by atoms with van der Waals surface area (Å²) in [5.74, 6) is -2.31. The van der Waals surface area contributed by atoms with Gasteiger partial charge in [0.05, 0.1) is 35.9 Å². The van der Waals surface area contributed by atoms with Crippen LogP contribution in [0.3, 0.4) is 0 Å². The van der Waals surface area contributed by atoms with Crippen molar-refractivity contribution in [3.05, 3.63) is 11.3 Å². The third-order valence-electron chi connectivity index (χ3n) is 12.0. The van der Waals surface area contributed by atoms with Gasteiger partial charge in [-0.3, -0.25) is 4.79 Å². The number of carbonyl (C=O) groups is 1. The number of ether oxygens (including phenoxy) is 7. The number of hydrogen-bond acceptors (Lipinski definition) is 13. The molecule has 0 amide bonds. The Labute approximate surface area is 298 Å². The van der Waals surface area contributed by atoms with Crippen molar-refractivity contribution in [1.29, 1.82) is 0 Å². The van der Waals surface area contributed by atoms with Gasteiger partial charge in [0.15, 0.2) is 12.6 Å². The van der Waals surface area contributed by atoms with Gasteiger partial charge in [-0.05, 0) is 81.0 Å². The molecule has 4 heterocycles. The first-order valence-electron chi connectivity index (χ1n) is 18.3.